The molecule has 19 heavy (non-hydrogen) atoms. The van der Waals surface area contributed by atoms with E-state index in [0.717, 1.165) is 0 Å². The lowest BCUT2D eigenvalue weighted by atomic mass is 10.2. The van der Waals surface area contributed by atoms with E-state index < -0.39 is 0 Å². The van der Waals surface area contributed by atoms with E-state index in [2.05, 4.69) is 9.98 Å². The van der Waals surface area contributed by atoms with Gasteiger partial charge in [-0.25, -0.2) is 4.98 Å². The molecule has 0 aliphatic carbocycles. The van der Waals surface area contributed by atoms with Crippen molar-refractivity contribution in [1.82, 2.24) is 9.55 Å². The predicted octanol–water partition coefficient (Wildman–Crippen LogP) is 2.53. The highest BCUT2D eigenvalue weighted by atomic mass is 35.5. The lowest BCUT2D eigenvalue weighted by Crippen LogP contribution is -2.28. The minimum absolute atomic E-state index is 0.113. The molecule has 0 saturated heterocycles. The molecule has 2 rings (SSSR count). The summed E-state index contributed by atoms with van der Waals surface area (Å²) in [6.07, 6.45) is 3.20. The average Bonchev–Trinajstić information content (AvgIpc) is 2.38. The molecule has 0 fully saturated rings. The van der Waals surface area contributed by atoms with Crippen LogP contribution in [0, 0.1) is 0 Å². The SMILES string of the molecule is CC(C)N=c1ccccn1C(=O)c1ccnc(Cl)c1. The monoisotopic (exact) mass is 275 g/mol. The van der Waals surface area contributed by atoms with Crippen molar-refractivity contribution in [2.75, 3.05) is 0 Å². The Balaban J connectivity index is 2.51. The van der Waals surface area contributed by atoms with Gasteiger partial charge in [0.1, 0.15) is 10.6 Å². The summed E-state index contributed by atoms with van der Waals surface area (Å²) in [5, 5.41) is 0.296. The van der Waals surface area contributed by atoms with Crippen LogP contribution in [-0.4, -0.2) is 21.5 Å². The van der Waals surface area contributed by atoms with Gasteiger partial charge in [0.15, 0.2) is 0 Å². The number of rotatable bonds is 2. The van der Waals surface area contributed by atoms with Crippen LogP contribution in [0.2, 0.25) is 5.15 Å². The lowest BCUT2D eigenvalue weighted by Gasteiger charge is -2.07. The molecule has 98 valence electrons. The first kappa shape index (κ1) is 13.5. The maximum Gasteiger partial charge on any atom is 0.263 e. The summed E-state index contributed by atoms with van der Waals surface area (Å²) < 4.78 is 1.51. The van der Waals surface area contributed by atoms with Crippen LogP contribution in [0.15, 0.2) is 47.7 Å². The Kier molecular flexibility index (Phi) is 4.12. The molecule has 0 aliphatic rings. The van der Waals surface area contributed by atoms with Crippen LogP contribution in [0.5, 0.6) is 0 Å². The van der Waals surface area contributed by atoms with Crippen LogP contribution in [0.25, 0.3) is 0 Å². The molecule has 0 bridgehead atoms. The molecule has 0 aliphatic heterocycles. The van der Waals surface area contributed by atoms with Gasteiger partial charge in [-0.15, -0.1) is 0 Å². The van der Waals surface area contributed by atoms with Crippen molar-refractivity contribution in [3.05, 3.63) is 58.9 Å². The molecule has 2 heterocycles. The highest BCUT2D eigenvalue weighted by molar-refractivity contribution is 6.29. The highest BCUT2D eigenvalue weighted by Gasteiger charge is 2.09. The minimum atomic E-state index is -0.177. The van der Waals surface area contributed by atoms with Gasteiger partial charge >= 0.3 is 0 Å². The molecule has 0 atom stereocenters. The standard InChI is InChI=1S/C14H14ClN3O/c1-10(2)17-13-5-3-4-8-18(13)14(19)11-6-7-16-12(15)9-11/h3-10H,1-2H3. The van der Waals surface area contributed by atoms with Crippen LogP contribution in [0.3, 0.4) is 0 Å². The largest absolute Gasteiger partial charge is 0.268 e. The molecule has 0 radical (unpaired) electrons. The molecular formula is C14H14ClN3O. The number of carbonyl (C=O) groups excluding carboxylic acids is 1. The van der Waals surface area contributed by atoms with Gasteiger partial charge < -0.3 is 0 Å². The van der Waals surface area contributed by atoms with Crippen molar-refractivity contribution in [3.8, 4) is 0 Å². The summed E-state index contributed by atoms with van der Waals surface area (Å²) in [5.74, 6) is -0.177. The summed E-state index contributed by atoms with van der Waals surface area (Å²) in [6, 6.07) is 8.74. The fourth-order valence-electron chi connectivity index (χ4n) is 1.65. The Morgan fingerprint density at radius 3 is 2.84 bits per heavy atom. The normalized spacial score (nSPS) is 11.9. The van der Waals surface area contributed by atoms with E-state index in [1.165, 1.54) is 10.8 Å². The molecule has 2 aromatic rings. The van der Waals surface area contributed by atoms with Crippen molar-refractivity contribution in [1.29, 1.82) is 0 Å². The van der Waals surface area contributed by atoms with Gasteiger partial charge in [-0.1, -0.05) is 17.7 Å². The Morgan fingerprint density at radius 2 is 2.16 bits per heavy atom. The molecular weight excluding hydrogens is 262 g/mol. The molecule has 0 saturated carbocycles. The van der Waals surface area contributed by atoms with Crippen LogP contribution < -0.4 is 5.49 Å². The number of carbonyl (C=O) groups is 1. The van der Waals surface area contributed by atoms with Crippen molar-refractivity contribution in [2.45, 2.75) is 19.9 Å². The van der Waals surface area contributed by atoms with Crippen molar-refractivity contribution in [3.63, 3.8) is 0 Å². The number of nitrogens with zero attached hydrogens (tertiary/aromatic N) is 3. The van der Waals surface area contributed by atoms with Crippen LogP contribution >= 0.6 is 11.6 Å². The molecule has 0 amide bonds. The fraction of sp³-hybridized carbons (Fsp3) is 0.214. The second-order valence-electron chi connectivity index (χ2n) is 4.32. The van der Waals surface area contributed by atoms with Gasteiger partial charge in [-0.3, -0.25) is 14.4 Å². The number of hydrogen-bond acceptors (Lipinski definition) is 3. The number of halogens is 1. The van der Waals surface area contributed by atoms with E-state index >= 15 is 0 Å². The molecule has 2 aromatic heterocycles. The van der Waals surface area contributed by atoms with Crippen LogP contribution in [-0.2, 0) is 0 Å². The van der Waals surface area contributed by atoms with Gasteiger partial charge in [0.05, 0.1) is 0 Å². The third-order valence-corrected chi connectivity index (χ3v) is 2.63. The van der Waals surface area contributed by atoms with E-state index in [1.807, 2.05) is 19.9 Å². The zero-order valence-corrected chi connectivity index (χ0v) is 11.5. The van der Waals surface area contributed by atoms with Crippen molar-refractivity contribution in [2.24, 2.45) is 4.99 Å². The Bertz CT molecular complexity index is 661. The van der Waals surface area contributed by atoms with E-state index in [0.29, 0.717) is 16.2 Å². The Labute approximate surface area is 116 Å². The van der Waals surface area contributed by atoms with Crippen LogP contribution in [0.4, 0.5) is 0 Å². The van der Waals surface area contributed by atoms with Crippen LogP contribution in [0.1, 0.15) is 24.2 Å². The van der Waals surface area contributed by atoms with Gasteiger partial charge in [0, 0.05) is 24.0 Å². The van der Waals surface area contributed by atoms with Gasteiger partial charge in [0.25, 0.3) is 5.91 Å². The summed E-state index contributed by atoms with van der Waals surface area (Å²) in [6.45, 7) is 3.93. The lowest BCUT2D eigenvalue weighted by molar-refractivity contribution is 0.0954. The second-order valence-corrected chi connectivity index (χ2v) is 4.71. The molecule has 0 N–H and O–H groups in total. The first-order valence-electron chi connectivity index (χ1n) is 5.95. The summed E-state index contributed by atoms with van der Waals surface area (Å²) in [7, 11) is 0. The fourth-order valence-corrected chi connectivity index (χ4v) is 1.82. The third-order valence-electron chi connectivity index (χ3n) is 2.42. The van der Waals surface area contributed by atoms with Crippen molar-refractivity contribution >= 4 is 17.5 Å². The van der Waals surface area contributed by atoms with Gasteiger partial charge in [0.2, 0.25) is 0 Å². The van der Waals surface area contributed by atoms with Gasteiger partial charge in [-0.05, 0) is 38.1 Å². The van der Waals surface area contributed by atoms with E-state index in [9.17, 15) is 4.79 Å². The summed E-state index contributed by atoms with van der Waals surface area (Å²) in [4.78, 5) is 20.7. The highest BCUT2D eigenvalue weighted by Crippen LogP contribution is 2.08. The average molecular weight is 276 g/mol. The maximum atomic E-state index is 12.4. The third kappa shape index (κ3) is 3.29. The zero-order valence-electron chi connectivity index (χ0n) is 10.7. The molecule has 5 heteroatoms. The summed E-state index contributed by atoms with van der Waals surface area (Å²) >= 11 is 5.80. The Morgan fingerprint density at radius 1 is 1.37 bits per heavy atom. The summed E-state index contributed by atoms with van der Waals surface area (Å²) in [5.41, 5.74) is 1.10. The molecule has 0 spiro atoms. The maximum absolute atomic E-state index is 12.4. The first-order valence-corrected chi connectivity index (χ1v) is 6.33. The Hall–Kier alpha value is -1.94. The number of pyridine rings is 2. The minimum Gasteiger partial charge on any atom is -0.268 e. The zero-order chi connectivity index (χ0) is 13.8. The topological polar surface area (TPSA) is 47.2 Å². The van der Waals surface area contributed by atoms with Crippen molar-refractivity contribution < 1.29 is 4.79 Å². The van der Waals surface area contributed by atoms with E-state index in [1.54, 1.807) is 30.5 Å². The van der Waals surface area contributed by atoms with E-state index in [-0.39, 0.29) is 11.9 Å². The molecule has 0 aromatic carbocycles. The smallest absolute Gasteiger partial charge is 0.263 e. The van der Waals surface area contributed by atoms with E-state index in [4.69, 9.17) is 11.6 Å². The number of aromatic nitrogens is 2. The number of hydrogen-bond donors (Lipinski definition) is 0. The predicted molar refractivity (Wildman–Crippen MR) is 74.1 cm³/mol. The quantitative estimate of drug-likeness (QED) is 0.791. The second kappa shape index (κ2) is 5.80. The molecule has 4 nitrogen and oxygen atoms in total. The van der Waals surface area contributed by atoms with Gasteiger partial charge in [-0.2, -0.15) is 0 Å². The first-order chi connectivity index (χ1) is 9.08. The molecule has 0 unspecified atom stereocenters.